The number of amides is 1. The molecule has 8 nitrogen and oxygen atoms in total. The topological polar surface area (TPSA) is 94.5 Å². The summed E-state index contributed by atoms with van der Waals surface area (Å²) in [6.45, 7) is 4.54. The number of carbonyl (C=O) groups is 2. The molecule has 0 saturated carbocycles. The van der Waals surface area contributed by atoms with Gasteiger partial charge in [-0.2, -0.15) is 0 Å². The summed E-state index contributed by atoms with van der Waals surface area (Å²) in [6.07, 6.45) is 5.05. The zero-order valence-corrected chi connectivity index (χ0v) is 12.2. The minimum Gasteiger partial charge on any atom is -0.480 e. The van der Waals surface area contributed by atoms with E-state index < -0.39 is 17.6 Å². The predicted molar refractivity (Wildman–Crippen MR) is 75.5 cm³/mol. The Balaban J connectivity index is 1.94. The smallest absolute Gasteiger partial charge is 0.323 e. The number of aliphatic carboxylic acids is 1. The molecule has 8 heteroatoms. The zero-order chi connectivity index (χ0) is 15.5. The van der Waals surface area contributed by atoms with Crippen molar-refractivity contribution in [1.29, 1.82) is 0 Å². The Labute approximate surface area is 123 Å². The third-order valence-corrected chi connectivity index (χ3v) is 3.25. The molecule has 1 saturated heterocycles. The van der Waals surface area contributed by atoms with E-state index in [-0.39, 0.29) is 19.1 Å². The van der Waals surface area contributed by atoms with Gasteiger partial charge in [-0.3, -0.25) is 29.9 Å². The van der Waals surface area contributed by atoms with Gasteiger partial charge in [0.25, 0.3) is 5.91 Å². The molecule has 21 heavy (non-hydrogen) atoms. The lowest BCUT2D eigenvalue weighted by Gasteiger charge is -2.41. The Morgan fingerprint density at radius 2 is 2.29 bits per heavy atom. The van der Waals surface area contributed by atoms with Crippen LogP contribution in [-0.2, 0) is 14.3 Å². The summed E-state index contributed by atoms with van der Waals surface area (Å²) in [5.41, 5.74) is 2.20. The molecule has 2 aliphatic heterocycles. The van der Waals surface area contributed by atoms with Crippen molar-refractivity contribution in [2.75, 3.05) is 26.4 Å². The van der Waals surface area contributed by atoms with E-state index >= 15 is 0 Å². The lowest BCUT2D eigenvalue weighted by Crippen LogP contribution is -2.59. The second kappa shape index (κ2) is 6.23. The van der Waals surface area contributed by atoms with Gasteiger partial charge in [-0.15, -0.1) is 0 Å². The van der Waals surface area contributed by atoms with Crippen LogP contribution in [0.3, 0.4) is 0 Å². The van der Waals surface area contributed by atoms with Crippen molar-refractivity contribution < 1.29 is 19.4 Å². The number of carbonyl (C=O) groups excluding carboxylic acids is 1. The molecule has 1 amide bonds. The van der Waals surface area contributed by atoms with Crippen LogP contribution in [0.15, 0.2) is 17.3 Å². The second-order valence-electron chi connectivity index (χ2n) is 5.65. The highest BCUT2D eigenvalue weighted by Gasteiger charge is 2.38. The van der Waals surface area contributed by atoms with Crippen molar-refractivity contribution in [1.82, 2.24) is 15.3 Å². The molecule has 0 aromatic carbocycles. The third kappa shape index (κ3) is 4.27. The number of hydrogen-bond acceptors (Lipinski definition) is 6. The summed E-state index contributed by atoms with van der Waals surface area (Å²) in [6, 6.07) is -0.807. The highest BCUT2D eigenvalue weighted by atomic mass is 16.5. The number of morpholine rings is 1. The largest absolute Gasteiger partial charge is 0.480 e. The Kier molecular flexibility index (Phi) is 4.59. The Morgan fingerprint density at radius 1 is 1.52 bits per heavy atom. The average Bonchev–Trinajstić information content (AvgIpc) is 2.38. The minimum atomic E-state index is -0.985. The lowest BCUT2D eigenvalue weighted by molar-refractivity contribution is -0.163. The monoisotopic (exact) mass is 296 g/mol. The van der Waals surface area contributed by atoms with Gasteiger partial charge < -0.3 is 9.84 Å². The Hall–Kier alpha value is -1.93. The van der Waals surface area contributed by atoms with Gasteiger partial charge >= 0.3 is 5.97 Å². The first-order valence-corrected chi connectivity index (χ1v) is 6.71. The number of nitrogens with one attached hydrogen (secondary N) is 1. The molecule has 2 N–H and O–H groups in total. The fourth-order valence-corrected chi connectivity index (χ4v) is 2.29. The molecule has 2 aliphatic rings. The lowest BCUT2D eigenvalue weighted by atomic mass is 10.0. The van der Waals surface area contributed by atoms with E-state index in [1.54, 1.807) is 28.4 Å². The van der Waals surface area contributed by atoms with Crippen LogP contribution in [0.4, 0.5) is 0 Å². The SMILES string of the molecule is CC1(C)CN(CC(=O)NN2C=CC=NC2)[C@H](C(=O)O)CO1. The molecule has 0 aromatic rings. The average molecular weight is 296 g/mol. The molecule has 2 rings (SSSR count). The number of aliphatic imine (C=N–C) groups is 1. The van der Waals surface area contributed by atoms with E-state index in [0.29, 0.717) is 13.2 Å². The van der Waals surface area contributed by atoms with Gasteiger partial charge in [0, 0.05) is 19.0 Å². The number of rotatable bonds is 4. The first-order chi connectivity index (χ1) is 9.87. The first-order valence-electron chi connectivity index (χ1n) is 6.71. The number of hydrogen-bond donors (Lipinski definition) is 2. The number of allylic oxidation sites excluding steroid dienone is 1. The summed E-state index contributed by atoms with van der Waals surface area (Å²) < 4.78 is 5.51. The van der Waals surface area contributed by atoms with Crippen LogP contribution in [-0.4, -0.2) is 71.1 Å². The number of hydrazine groups is 1. The molecular weight excluding hydrogens is 276 g/mol. The van der Waals surface area contributed by atoms with Crippen LogP contribution in [0, 0.1) is 0 Å². The quantitative estimate of drug-likeness (QED) is 0.722. The van der Waals surface area contributed by atoms with Crippen LogP contribution in [0.1, 0.15) is 13.8 Å². The van der Waals surface area contributed by atoms with Crippen LogP contribution >= 0.6 is 0 Å². The predicted octanol–water partition coefficient (Wildman–Crippen LogP) is -0.561. The molecule has 0 bridgehead atoms. The van der Waals surface area contributed by atoms with E-state index in [1.807, 2.05) is 13.8 Å². The molecule has 2 heterocycles. The van der Waals surface area contributed by atoms with E-state index in [0.717, 1.165) is 0 Å². The van der Waals surface area contributed by atoms with Gasteiger partial charge in [-0.1, -0.05) is 0 Å². The fourth-order valence-electron chi connectivity index (χ4n) is 2.29. The second-order valence-corrected chi connectivity index (χ2v) is 5.65. The van der Waals surface area contributed by atoms with Crippen LogP contribution in [0.25, 0.3) is 0 Å². The van der Waals surface area contributed by atoms with Crippen molar-refractivity contribution in [3.05, 3.63) is 12.3 Å². The maximum atomic E-state index is 12.0. The molecule has 0 unspecified atom stereocenters. The first kappa shape index (κ1) is 15.5. The van der Waals surface area contributed by atoms with Crippen LogP contribution < -0.4 is 5.43 Å². The van der Waals surface area contributed by atoms with Crippen molar-refractivity contribution in [3.63, 3.8) is 0 Å². The molecule has 0 spiro atoms. The summed E-state index contributed by atoms with van der Waals surface area (Å²) >= 11 is 0. The summed E-state index contributed by atoms with van der Waals surface area (Å²) in [7, 11) is 0. The number of nitrogens with zero attached hydrogens (tertiary/aromatic N) is 3. The van der Waals surface area contributed by atoms with E-state index in [1.165, 1.54) is 0 Å². The Bertz CT molecular complexity index is 475. The van der Waals surface area contributed by atoms with Gasteiger partial charge in [-0.25, -0.2) is 0 Å². The van der Waals surface area contributed by atoms with E-state index in [2.05, 4.69) is 10.4 Å². The molecular formula is C13H20N4O4. The van der Waals surface area contributed by atoms with Crippen molar-refractivity contribution in [2.24, 2.45) is 4.99 Å². The zero-order valence-electron chi connectivity index (χ0n) is 12.2. The van der Waals surface area contributed by atoms with Gasteiger partial charge in [-0.05, 0) is 19.9 Å². The summed E-state index contributed by atoms with van der Waals surface area (Å²) in [5.74, 6) is -1.26. The molecule has 0 aliphatic carbocycles. The van der Waals surface area contributed by atoms with Crippen molar-refractivity contribution in [3.8, 4) is 0 Å². The Morgan fingerprint density at radius 3 is 2.90 bits per heavy atom. The van der Waals surface area contributed by atoms with Crippen LogP contribution in [0.2, 0.25) is 0 Å². The fraction of sp³-hybridized carbons (Fsp3) is 0.615. The van der Waals surface area contributed by atoms with E-state index in [9.17, 15) is 14.7 Å². The number of carboxylic acids is 1. The maximum Gasteiger partial charge on any atom is 0.323 e. The molecule has 1 atom stereocenters. The highest BCUT2D eigenvalue weighted by molar-refractivity contribution is 5.80. The van der Waals surface area contributed by atoms with E-state index in [4.69, 9.17) is 4.74 Å². The van der Waals surface area contributed by atoms with Gasteiger partial charge in [0.1, 0.15) is 12.7 Å². The molecule has 1 fully saturated rings. The van der Waals surface area contributed by atoms with Gasteiger partial charge in [0.2, 0.25) is 0 Å². The highest BCUT2D eigenvalue weighted by Crippen LogP contribution is 2.20. The van der Waals surface area contributed by atoms with Crippen LogP contribution in [0.5, 0.6) is 0 Å². The number of carboxylic acid groups (broad SMARTS) is 1. The molecule has 0 aromatic heterocycles. The van der Waals surface area contributed by atoms with Gasteiger partial charge in [0.15, 0.2) is 0 Å². The summed E-state index contributed by atoms with van der Waals surface area (Å²) in [5, 5.41) is 10.8. The maximum absolute atomic E-state index is 12.0. The molecule has 116 valence electrons. The normalized spacial score (nSPS) is 24.9. The summed E-state index contributed by atoms with van der Waals surface area (Å²) in [4.78, 5) is 28.9. The number of ether oxygens (including phenoxy) is 1. The van der Waals surface area contributed by atoms with Crippen molar-refractivity contribution in [2.45, 2.75) is 25.5 Å². The third-order valence-electron chi connectivity index (χ3n) is 3.25. The minimum absolute atomic E-state index is 0.00217. The standard InChI is InChI=1S/C13H20N4O4/c1-13(2)8-16(10(7-21-13)12(19)20)6-11(18)15-17-5-3-4-14-9-17/h3-5,10H,6-9H2,1-2H3,(H,15,18)(H,19,20)/t10-/m0/s1. The van der Waals surface area contributed by atoms with Gasteiger partial charge in [0.05, 0.1) is 18.8 Å². The molecule has 0 radical (unpaired) electrons. The van der Waals surface area contributed by atoms with Crippen molar-refractivity contribution >= 4 is 18.1 Å².